The van der Waals surface area contributed by atoms with E-state index >= 15 is 0 Å². The average Bonchev–Trinajstić information content (AvgIpc) is 3.44. The van der Waals surface area contributed by atoms with Crippen LogP contribution < -0.4 is 5.73 Å². The van der Waals surface area contributed by atoms with E-state index in [0.29, 0.717) is 13.0 Å². The Morgan fingerprint density at radius 2 is 2.00 bits per heavy atom. The molecule has 2 heterocycles. The highest BCUT2D eigenvalue weighted by atomic mass is 19.1. The molecule has 7 nitrogen and oxygen atoms in total. The van der Waals surface area contributed by atoms with E-state index in [2.05, 4.69) is 15.5 Å². The molecular weight excluding hydrogens is 371 g/mol. The van der Waals surface area contributed by atoms with Gasteiger partial charge in [-0.1, -0.05) is 43.3 Å². The number of hydrogen-bond donors (Lipinski definition) is 1. The second kappa shape index (κ2) is 8.08. The topological polar surface area (TPSA) is 89.9 Å². The highest BCUT2D eigenvalue weighted by Gasteiger charge is 2.32. The Bertz CT molecular complexity index is 975. The number of alkyl halides is 1. The molecule has 1 aliphatic rings. The van der Waals surface area contributed by atoms with Gasteiger partial charge in [-0.2, -0.15) is 0 Å². The summed E-state index contributed by atoms with van der Waals surface area (Å²) in [6, 6.07) is 15.2. The van der Waals surface area contributed by atoms with Crippen molar-refractivity contribution in [2.75, 3.05) is 13.1 Å². The lowest BCUT2D eigenvalue weighted by atomic mass is 9.91. The van der Waals surface area contributed by atoms with E-state index in [4.69, 9.17) is 5.73 Å². The zero-order valence-corrected chi connectivity index (χ0v) is 16.1. The zero-order valence-electron chi connectivity index (χ0n) is 16.1. The van der Waals surface area contributed by atoms with E-state index in [1.165, 1.54) is 4.90 Å². The van der Waals surface area contributed by atoms with E-state index in [-0.39, 0.29) is 18.4 Å². The molecule has 3 aromatic rings. The molecule has 1 amide bonds. The van der Waals surface area contributed by atoms with Gasteiger partial charge in [0, 0.05) is 12.5 Å². The maximum absolute atomic E-state index is 13.4. The van der Waals surface area contributed by atoms with Crippen LogP contribution in [-0.4, -0.2) is 56.3 Å². The number of nitrogens with two attached hydrogens (primary N) is 1. The number of likely N-dealkylation sites (tertiary alicyclic amines) is 1. The number of hydrogen-bond acceptors (Lipinski definition) is 5. The number of nitrogens with zero attached hydrogens (tertiary/aromatic N) is 5. The van der Waals surface area contributed by atoms with E-state index in [1.807, 2.05) is 55.5 Å². The van der Waals surface area contributed by atoms with Gasteiger partial charge in [-0.3, -0.25) is 4.79 Å². The molecule has 0 spiro atoms. The number of amides is 1. The van der Waals surface area contributed by atoms with Crippen molar-refractivity contribution in [1.82, 2.24) is 25.1 Å². The molecule has 29 heavy (non-hydrogen) atoms. The van der Waals surface area contributed by atoms with Crippen LogP contribution in [0.5, 0.6) is 0 Å². The van der Waals surface area contributed by atoms with Gasteiger partial charge in [0.2, 0.25) is 5.91 Å². The van der Waals surface area contributed by atoms with Crippen LogP contribution in [-0.2, 0) is 4.79 Å². The van der Waals surface area contributed by atoms with Crippen molar-refractivity contribution in [3.05, 3.63) is 60.4 Å². The van der Waals surface area contributed by atoms with Gasteiger partial charge in [-0.05, 0) is 45.7 Å². The highest BCUT2D eigenvalue weighted by molar-refractivity contribution is 5.83. The minimum absolute atomic E-state index is 0.149. The SMILES string of the molecule is C[C@@H](c1ccc(-c2cccc(-n3cnnn3)c2)cc1)[C@H](N)C(=O)N1CC[C@H](F)C1. The summed E-state index contributed by atoms with van der Waals surface area (Å²) in [7, 11) is 0. The molecule has 3 atom stereocenters. The third-order valence-electron chi connectivity index (χ3n) is 5.50. The van der Waals surface area contributed by atoms with Crippen LogP contribution in [0.3, 0.4) is 0 Å². The zero-order chi connectivity index (χ0) is 20.4. The molecule has 1 aliphatic heterocycles. The molecule has 2 N–H and O–H groups in total. The van der Waals surface area contributed by atoms with Crippen LogP contribution in [0.1, 0.15) is 24.8 Å². The van der Waals surface area contributed by atoms with Crippen LogP contribution in [0.4, 0.5) is 4.39 Å². The lowest BCUT2D eigenvalue weighted by Crippen LogP contribution is -2.45. The normalized spacial score (nSPS) is 18.6. The van der Waals surface area contributed by atoms with E-state index in [1.54, 1.807) is 11.0 Å². The van der Waals surface area contributed by atoms with Gasteiger partial charge in [0.1, 0.15) is 12.5 Å². The molecule has 2 aromatic carbocycles. The van der Waals surface area contributed by atoms with E-state index in [9.17, 15) is 9.18 Å². The fourth-order valence-corrected chi connectivity index (χ4v) is 3.64. The summed E-state index contributed by atoms with van der Waals surface area (Å²) < 4.78 is 15.0. The Hall–Kier alpha value is -3.13. The molecule has 1 saturated heterocycles. The number of carbonyl (C=O) groups excluding carboxylic acids is 1. The molecule has 0 radical (unpaired) electrons. The third-order valence-corrected chi connectivity index (χ3v) is 5.50. The first-order valence-electron chi connectivity index (χ1n) is 9.65. The summed E-state index contributed by atoms with van der Waals surface area (Å²) in [6.45, 7) is 2.52. The van der Waals surface area contributed by atoms with E-state index < -0.39 is 12.2 Å². The second-order valence-corrected chi connectivity index (χ2v) is 7.41. The van der Waals surface area contributed by atoms with E-state index in [0.717, 1.165) is 22.4 Å². The average molecular weight is 394 g/mol. The van der Waals surface area contributed by atoms with Crippen LogP contribution in [0.25, 0.3) is 16.8 Å². The van der Waals surface area contributed by atoms with Crippen molar-refractivity contribution in [2.24, 2.45) is 5.73 Å². The lowest BCUT2D eigenvalue weighted by Gasteiger charge is -2.25. The first-order chi connectivity index (χ1) is 14.0. The number of carbonyl (C=O) groups is 1. The van der Waals surface area contributed by atoms with Gasteiger partial charge in [-0.25, -0.2) is 9.07 Å². The van der Waals surface area contributed by atoms with Gasteiger partial charge < -0.3 is 10.6 Å². The molecule has 0 saturated carbocycles. The van der Waals surface area contributed by atoms with Crippen molar-refractivity contribution < 1.29 is 9.18 Å². The summed E-state index contributed by atoms with van der Waals surface area (Å²) in [5.74, 6) is -0.348. The maximum Gasteiger partial charge on any atom is 0.240 e. The Morgan fingerprint density at radius 3 is 2.66 bits per heavy atom. The monoisotopic (exact) mass is 394 g/mol. The Kier molecular flexibility index (Phi) is 5.35. The number of rotatable bonds is 5. The molecule has 4 rings (SSSR count). The molecular formula is C21H23FN6O. The Balaban J connectivity index is 1.49. The minimum atomic E-state index is -0.940. The summed E-state index contributed by atoms with van der Waals surface area (Å²) >= 11 is 0. The van der Waals surface area contributed by atoms with Crippen molar-refractivity contribution in [3.63, 3.8) is 0 Å². The predicted molar refractivity (Wildman–Crippen MR) is 107 cm³/mol. The third kappa shape index (κ3) is 4.02. The Morgan fingerprint density at radius 1 is 1.21 bits per heavy atom. The molecule has 8 heteroatoms. The van der Waals surface area contributed by atoms with Crippen LogP contribution >= 0.6 is 0 Å². The van der Waals surface area contributed by atoms with Crippen molar-refractivity contribution in [3.8, 4) is 16.8 Å². The quantitative estimate of drug-likeness (QED) is 0.717. The number of tetrazole rings is 1. The highest BCUT2D eigenvalue weighted by Crippen LogP contribution is 2.26. The van der Waals surface area contributed by atoms with Crippen LogP contribution in [0.2, 0.25) is 0 Å². The van der Waals surface area contributed by atoms with Gasteiger partial charge in [0.05, 0.1) is 18.3 Å². The number of benzene rings is 2. The molecule has 0 aliphatic carbocycles. The smallest absolute Gasteiger partial charge is 0.240 e. The summed E-state index contributed by atoms with van der Waals surface area (Å²) in [5.41, 5.74) is 10.1. The summed E-state index contributed by atoms with van der Waals surface area (Å²) in [4.78, 5) is 14.1. The fraction of sp³-hybridized carbons (Fsp3) is 0.333. The number of aromatic nitrogens is 4. The number of halogens is 1. The van der Waals surface area contributed by atoms with Gasteiger partial charge in [0.15, 0.2) is 0 Å². The molecule has 0 bridgehead atoms. The molecule has 150 valence electrons. The largest absolute Gasteiger partial charge is 0.338 e. The first-order valence-corrected chi connectivity index (χ1v) is 9.65. The molecule has 1 fully saturated rings. The predicted octanol–water partition coefficient (Wildman–Crippen LogP) is 2.33. The fourth-order valence-electron chi connectivity index (χ4n) is 3.64. The van der Waals surface area contributed by atoms with Gasteiger partial charge in [0.25, 0.3) is 0 Å². The Labute approximate surface area is 168 Å². The molecule has 1 aromatic heterocycles. The summed E-state index contributed by atoms with van der Waals surface area (Å²) in [6.07, 6.45) is 1.00. The van der Waals surface area contributed by atoms with Crippen molar-refractivity contribution in [2.45, 2.75) is 31.5 Å². The summed E-state index contributed by atoms with van der Waals surface area (Å²) in [5, 5.41) is 11.2. The van der Waals surface area contributed by atoms with Crippen molar-refractivity contribution in [1.29, 1.82) is 0 Å². The standard InChI is InChI=1S/C21H23FN6O/c1-14(20(23)21(29)27-10-9-18(22)12-27)15-5-7-16(8-6-15)17-3-2-4-19(11-17)28-13-24-25-26-28/h2-8,11,13-14,18,20H,9-10,12,23H2,1H3/t14-,18-,20-/m0/s1. The van der Waals surface area contributed by atoms with Crippen molar-refractivity contribution >= 4 is 5.91 Å². The van der Waals surface area contributed by atoms with Gasteiger partial charge in [-0.15, -0.1) is 5.10 Å². The lowest BCUT2D eigenvalue weighted by molar-refractivity contribution is -0.132. The second-order valence-electron chi connectivity index (χ2n) is 7.41. The van der Waals surface area contributed by atoms with Crippen LogP contribution in [0.15, 0.2) is 54.9 Å². The minimum Gasteiger partial charge on any atom is -0.338 e. The van der Waals surface area contributed by atoms with Gasteiger partial charge >= 0.3 is 0 Å². The van der Waals surface area contributed by atoms with Crippen LogP contribution in [0, 0.1) is 0 Å². The first kappa shape index (κ1) is 19.2. The maximum atomic E-state index is 13.4. The molecule has 0 unspecified atom stereocenters.